The fourth-order valence-electron chi connectivity index (χ4n) is 5.10. The maximum absolute atomic E-state index is 5.46. The van der Waals surface area contributed by atoms with Crippen LogP contribution in [-0.2, 0) is 25.8 Å². The molecule has 0 aliphatic carbocycles. The molecule has 0 fully saturated rings. The Morgan fingerprint density at radius 3 is 1.28 bits per heavy atom. The first-order valence-corrected chi connectivity index (χ1v) is 12.1. The minimum absolute atomic E-state index is 0. The molecular formula is C34H22Cl2HfO2. The van der Waals surface area contributed by atoms with Gasteiger partial charge in [-0.3, -0.25) is 0 Å². The molecule has 2 heterocycles. The molecule has 0 saturated heterocycles. The number of furan rings is 2. The van der Waals surface area contributed by atoms with Crippen molar-refractivity contribution in [1.29, 1.82) is 0 Å². The molecule has 0 radical (unpaired) electrons. The fraction of sp³-hybridized carbons (Fsp3) is 0. The van der Waals surface area contributed by atoms with E-state index in [1.54, 1.807) is 12.5 Å². The number of benzene rings is 4. The smallest absolute Gasteiger partial charge is 1.00 e. The van der Waals surface area contributed by atoms with Crippen molar-refractivity contribution in [2.75, 3.05) is 0 Å². The maximum Gasteiger partial charge on any atom is 4.00 e. The van der Waals surface area contributed by atoms with Crippen molar-refractivity contribution in [3.05, 3.63) is 134 Å². The molecule has 0 spiro atoms. The van der Waals surface area contributed by atoms with Crippen molar-refractivity contribution in [3.63, 3.8) is 0 Å². The van der Waals surface area contributed by atoms with Gasteiger partial charge in [-0.05, 0) is 22.9 Å². The number of rotatable bonds is 2. The molecule has 0 aliphatic rings. The molecule has 8 rings (SSSR count). The number of fused-ring (bicyclic) bond motifs is 6. The summed E-state index contributed by atoms with van der Waals surface area (Å²) >= 11 is 0. The summed E-state index contributed by atoms with van der Waals surface area (Å²) in [6.45, 7) is 0. The Morgan fingerprint density at radius 2 is 0.872 bits per heavy atom. The van der Waals surface area contributed by atoms with Gasteiger partial charge in [-0.25, -0.2) is 0 Å². The molecular weight excluding hydrogens is 690 g/mol. The zero-order valence-electron chi connectivity index (χ0n) is 20.8. The van der Waals surface area contributed by atoms with Crippen molar-refractivity contribution >= 4 is 43.1 Å². The Balaban J connectivity index is 0.000000168. The van der Waals surface area contributed by atoms with E-state index in [1.807, 2.05) is 24.3 Å². The molecule has 0 unspecified atom stereocenters. The molecule has 0 atom stereocenters. The minimum atomic E-state index is 0. The van der Waals surface area contributed by atoms with Crippen LogP contribution in [0, 0.1) is 0 Å². The van der Waals surface area contributed by atoms with Crippen LogP contribution in [0.3, 0.4) is 0 Å². The van der Waals surface area contributed by atoms with Gasteiger partial charge in [-0.15, -0.1) is 57.9 Å². The van der Waals surface area contributed by atoms with E-state index in [2.05, 4.69) is 97.1 Å². The van der Waals surface area contributed by atoms with Gasteiger partial charge in [0.1, 0.15) is 0 Å². The van der Waals surface area contributed by atoms with E-state index in [1.165, 1.54) is 43.1 Å². The van der Waals surface area contributed by atoms with Gasteiger partial charge in [-0.2, -0.15) is 0 Å². The second kappa shape index (κ2) is 12.2. The molecule has 6 aromatic carbocycles. The maximum atomic E-state index is 5.46. The standard InChI is InChI=1S/2C17H11O.2ClH.Hf/c2*1-2-5-15-12(4-1)7-8-13-10-14(11-16(13)15)17-6-3-9-18-17;;;/h2*1-11H;2*1H;/q2*-1;;;+4/p-2. The van der Waals surface area contributed by atoms with Crippen molar-refractivity contribution in [2.24, 2.45) is 0 Å². The van der Waals surface area contributed by atoms with E-state index in [9.17, 15) is 0 Å². The van der Waals surface area contributed by atoms with E-state index in [4.69, 9.17) is 8.83 Å². The molecule has 188 valence electrons. The van der Waals surface area contributed by atoms with E-state index >= 15 is 0 Å². The summed E-state index contributed by atoms with van der Waals surface area (Å²) in [7, 11) is 0. The van der Waals surface area contributed by atoms with Gasteiger partial charge in [0, 0.05) is 0 Å². The molecule has 39 heavy (non-hydrogen) atoms. The summed E-state index contributed by atoms with van der Waals surface area (Å²) in [6.07, 6.45) is 3.43. The first kappa shape index (κ1) is 28.6. The van der Waals surface area contributed by atoms with Gasteiger partial charge >= 0.3 is 25.8 Å². The summed E-state index contributed by atoms with van der Waals surface area (Å²) in [4.78, 5) is 0. The second-order valence-electron chi connectivity index (χ2n) is 9.02. The van der Waals surface area contributed by atoms with Crippen LogP contribution in [0.5, 0.6) is 0 Å². The molecule has 0 aliphatic heterocycles. The van der Waals surface area contributed by atoms with Crippen molar-refractivity contribution < 1.29 is 59.5 Å². The van der Waals surface area contributed by atoms with Crippen LogP contribution in [-0.4, -0.2) is 0 Å². The van der Waals surface area contributed by atoms with Gasteiger partial charge in [-0.1, -0.05) is 94.7 Å². The summed E-state index contributed by atoms with van der Waals surface area (Å²) in [5.41, 5.74) is 2.29. The van der Waals surface area contributed by atoms with Crippen LogP contribution in [0.25, 0.3) is 65.7 Å². The topological polar surface area (TPSA) is 26.3 Å². The van der Waals surface area contributed by atoms with E-state index in [0.29, 0.717) is 0 Å². The molecule has 0 amide bonds. The van der Waals surface area contributed by atoms with E-state index < -0.39 is 0 Å². The first-order chi connectivity index (χ1) is 17.8. The minimum Gasteiger partial charge on any atom is -1.00 e. The first-order valence-electron chi connectivity index (χ1n) is 12.1. The zero-order valence-corrected chi connectivity index (χ0v) is 25.9. The predicted molar refractivity (Wildman–Crippen MR) is 149 cm³/mol. The number of hydrogen-bond acceptors (Lipinski definition) is 2. The summed E-state index contributed by atoms with van der Waals surface area (Å²) in [5.74, 6) is 1.85. The third kappa shape index (κ3) is 5.40. The monoisotopic (exact) mass is 712 g/mol. The molecule has 0 N–H and O–H groups in total. The quantitative estimate of drug-likeness (QED) is 0.201. The summed E-state index contributed by atoms with van der Waals surface area (Å²) < 4.78 is 10.9. The van der Waals surface area contributed by atoms with Crippen LogP contribution < -0.4 is 24.8 Å². The Labute approximate surface area is 257 Å². The number of halogens is 2. The van der Waals surface area contributed by atoms with Crippen molar-refractivity contribution in [2.45, 2.75) is 0 Å². The van der Waals surface area contributed by atoms with Crippen LogP contribution in [0.2, 0.25) is 0 Å². The normalized spacial score (nSPS) is 10.5. The van der Waals surface area contributed by atoms with Crippen LogP contribution in [0.15, 0.2) is 143 Å². The van der Waals surface area contributed by atoms with Gasteiger partial charge in [0.2, 0.25) is 0 Å². The van der Waals surface area contributed by atoms with E-state index in [0.717, 1.165) is 22.6 Å². The summed E-state index contributed by atoms with van der Waals surface area (Å²) in [6, 6.07) is 42.2. The Morgan fingerprint density at radius 1 is 0.436 bits per heavy atom. The van der Waals surface area contributed by atoms with Crippen LogP contribution >= 0.6 is 0 Å². The van der Waals surface area contributed by atoms with Crippen LogP contribution in [0.1, 0.15) is 0 Å². The summed E-state index contributed by atoms with van der Waals surface area (Å²) in [5, 5.41) is 10.3. The molecule has 2 nitrogen and oxygen atoms in total. The fourth-order valence-corrected chi connectivity index (χ4v) is 5.10. The third-order valence-electron chi connectivity index (χ3n) is 6.84. The molecule has 2 aromatic heterocycles. The van der Waals surface area contributed by atoms with Gasteiger partial charge < -0.3 is 33.6 Å². The third-order valence-corrected chi connectivity index (χ3v) is 6.84. The van der Waals surface area contributed by atoms with Crippen LogP contribution in [0.4, 0.5) is 0 Å². The molecule has 0 saturated carbocycles. The van der Waals surface area contributed by atoms with Gasteiger partial charge in [0.05, 0.1) is 24.0 Å². The van der Waals surface area contributed by atoms with Gasteiger partial charge in [0.15, 0.2) is 0 Å². The van der Waals surface area contributed by atoms with Gasteiger partial charge in [0.25, 0.3) is 0 Å². The number of hydrogen-bond donors (Lipinski definition) is 0. The molecule has 5 heteroatoms. The Hall–Kier alpha value is -3.37. The van der Waals surface area contributed by atoms with Crippen molar-refractivity contribution in [3.8, 4) is 22.6 Å². The molecule has 0 bridgehead atoms. The van der Waals surface area contributed by atoms with E-state index in [-0.39, 0.29) is 50.7 Å². The average Bonchev–Trinajstić information content (AvgIpc) is 3.74. The average molecular weight is 712 g/mol. The molecule has 8 aromatic rings. The SMILES string of the molecule is [Cl-].[Cl-].[Hf+4].c1coc(-c2cc3c(ccc4ccccc43)[cH-]2)c1.c1coc(-c2cc3c(ccc4ccccc43)[cH-]2)c1. The Kier molecular flexibility index (Phi) is 8.97. The Bertz CT molecular complexity index is 1800. The van der Waals surface area contributed by atoms with Crippen molar-refractivity contribution in [1.82, 2.24) is 0 Å². The zero-order chi connectivity index (χ0) is 23.9. The predicted octanol–water partition coefficient (Wildman–Crippen LogP) is 3.95. The second-order valence-corrected chi connectivity index (χ2v) is 9.02. The largest absolute Gasteiger partial charge is 4.00 e.